The van der Waals surface area contributed by atoms with E-state index in [-0.39, 0.29) is 0 Å². The van der Waals surface area contributed by atoms with Gasteiger partial charge >= 0.3 is 0 Å². The van der Waals surface area contributed by atoms with E-state index in [9.17, 15) is 0 Å². The van der Waals surface area contributed by atoms with Crippen LogP contribution in [0.2, 0.25) is 0 Å². The summed E-state index contributed by atoms with van der Waals surface area (Å²) in [6, 6.07) is 4.04. The Bertz CT molecular complexity index is 560. The third kappa shape index (κ3) is 3.45. The summed E-state index contributed by atoms with van der Waals surface area (Å²) in [5.41, 5.74) is 0.508. The number of aromatic nitrogens is 4. The summed E-state index contributed by atoms with van der Waals surface area (Å²) in [5.74, 6) is 0.599. The Labute approximate surface area is 115 Å². The summed E-state index contributed by atoms with van der Waals surface area (Å²) in [5, 5.41) is 17.1. The SMILES string of the molecule is CSc1ncnc(NCCCn2cccn2)c1C#N. The molecule has 0 saturated heterocycles. The van der Waals surface area contributed by atoms with Gasteiger partial charge in [0.05, 0.1) is 0 Å². The molecule has 2 heterocycles. The Kier molecular flexibility index (Phi) is 4.75. The highest BCUT2D eigenvalue weighted by molar-refractivity contribution is 7.98. The quantitative estimate of drug-likeness (QED) is 0.491. The average Bonchev–Trinajstić information content (AvgIpc) is 2.96. The monoisotopic (exact) mass is 274 g/mol. The van der Waals surface area contributed by atoms with Crippen LogP contribution in [0.25, 0.3) is 0 Å². The normalized spacial score (nSPS) is 10.1. The van der Waals surface area contributed by atoms with Crippen molar-refractivity contribution in [2.75, 3.05) is 18.1 Å². The van der Waals surface area contributed by atoms with Gasteiger partial charge in [-0.3, -0.25) is 4.68 Å². The first-order valence-corrected chi connectivity index (χ1v) is 7.08. The molecular formula is C12H14N6S. The molecule has 0 aliphatic heterocycles. The summed E-state index contributed by atoms with van der Waals surface area (Å²) < 4.78 is 1.88. The van der Waals surface area contributed by atoms with E-state index < -0.39 is 0 Å². The lowest BCUT2D eigenvalue weighted by molar-refractivity contribution is 0.591. The first kappa shape index (κ1) is 13.4. The maximum atomic E-state index is 9.14. The molecule has 1 N–H and O–H groups in total. The van der Waals surface area contributed by atoms with Gasteiger partial charge in [0.2, 0.25) is 0 Å². The number of thioether (sulfide) groups is 1. The second kappa shape index (κ2) is 6.75. The third-order valence-electron chi connectivity index (χ3n) is 2.53. The zero-order chi connectivity index (χ0) is 13.5. The van der Waals surface area contributed by atoms with E-state index in [1.807, 2.05) is 23.2 Å². The number of hydrogen-bond donors (Lipinski definition) is 1. The molecule has 0 aromatic carbocycles. The summed E-state index contributed by atoms with van der Waals surface area (Å²) in [4.78, 5) is 8.18. The van der Waals surface area contributed by atoms with Crippen molar-refractivity contribution in [2.45, 2.75) is 18.0 Å². The number of anilines is 1. The molecule has 0 aliphatic rings. The fraction of sp³-hybridized carbons (Fsp3) is 0.333. The first-order chi connectivity index (χ1) is 9.35. The van der Waals surface area contributed by atoms with Crippen molar-refractivity contribution in [1.29, 1.82) is 5.26 Å². The Morgan fingerprint density at radius 3 is 3.05 bits per heavy atom. The Hall–Kier alpha value is -2.07. The minimum absolute atomic E-state index is 0.508. The van der Waals surface area contributed by atoms with Crippen LogP contribution in [-0.4, -0.2) is 32.5 Å². The van der Waals surface area contributed by atoms with Crippen LogP contribution in [0.4, 0.5) is 5.82 Å². The van der Waals surface area contributed by atoms with Gasteiger partial charge in [0.25, 0.3) is 0 Å². The molecule has 0 fully saturated rings. The molecule has 2 aromatic heterocycles. The van der Waals surface area contributed by atoms with E-state index in [4.69, 9.17) is 5.26 Å². The van der Waals surface area contributed by atoms with Crippen LogP contribution in [0.1, 0.15) is 12.0 Å². The van der Waals surface area contributed by atoms with Gasteiger partial charge in [-0.1, -0.05) is 0 Å². The van der Waals surface area contributed by atoms with Crippen molar-refractivity contribution in [1.82, 2.24) is 19.7 Å². The Balaban J connectivity index is 1.91. The number of nitrogens with one attached hydrogen (secondary N) is 1. The van der Waals surface area contributed by atoms with Crippen molar-refractivity contribution < 1.29 is 0 Å². The second-order valence-corrected chi connectivity index (χ2v) is 4.56. The molecule has 98 valence electrons. The van der Waals surface area contributed by atoms with E-state index in [1.54, 1.807) is 6.20 Å². The number of aryl methyl sites for hydroxylation is 1. The van der Waals surface area contributed by atoms with Gasteiger partial charge in [0, 0.05) is 25.5 Å². The zero-order valence-electron chi connectivity index (χ0n) is 10.6. The molecule has 0 aliphatic carbocycles. The van der Waals surface area contributed by atoms with Gasteiger partial charge in [-0.25, -0.2) is 9.97 Å². The molecule has 6 nitrogen and oxygen atoms in total. The van der Waals surface area contributed by atoms with Crippen molar-refractivity contribution in [2.24, 2.45) is 0 Å². The smallest absolute Gasteiger partial charge is 0.148 e. The Morgan fingerprint density at radius 1 is 1.47 bits per heavy atom. The van der Waals surface area contributed by atoms with Gasteiger partial charge < -0.3 is 5.32 Å². The van der Waals surface area contributed by atoms with Crippen molar-refractivity contribution in [3.05, 3.63) is 30.4 Å². The maximum absolute atomic E-state index is 9.14. The molecular weight excluding hydrogens is 260 g/mol. The van der Waals surface area contributed by atoms with Gasteiger partial charge in [-0.2, -0.15) is 10.4 Å². The molecule has 0 bridgehead atoms. The lowest BCUT2D eigenvalue weighted by Crippen LogP contribution is -2.09. The molecule has 7 heteroatoms. The molecule has 0 saturated carbocycles. The predicted octanol–water partition coefficient (Wildman–Crippen LogP) is 1.77. The first-order valence-electron chi connectivity index (χ1n) is 5.85. The van der Waals surface area contributed by atoms with Crippen molar-refractivity contribution >= 4 is 17.6 Å². The molecule has 0 radical (unpaired) electrons. The molecule has 0 amide bonds. The molecule has 19 heavy (non-hydrogen) atoms. The molecule has 0 unspecified atom stereocenters. The van der Waals surface area contributed by atoms with Crippen LogP contribution in [0, 0.1) is 11.3 Å². The number of hydrogen-bond acceptors (Lipinski definition) is 6. The van der Waals surface area contributed by atoms with Gasteiger partial charge in [0.15, 0.2) is 0 Å². The zero-order valence-corrected chi connectivity index (χ0v) is 11.4. The van der Waals surface area contributed by atoms with Crippen LogP contribution in [-0.2, 0) is 6.54 Å². The highest BCUT2D eigenvalue weighted by atomic mass is 32.2. The van der Waals surface area contributed by atoms with Gasteiger partial charge in [-0.15, -0.1) is 11.8 Å². The molecule has 0 spiro atoms. The van der Waals surface area contributed by atoms with Crippen LogP contribution in [0.5, 0.6) is 0 Å². The maximum Gasteiger partial charge on any atom is 0.148 e. The minimum atomic E-state index is 0.508. The van der Waals surface area contributed by atoms with Crippen LogP contribution in [0.15, 0.2) is 29.8 Å². The van der Waals surface area contributed by atoms with E-state index in [0.29, 0.717) is 16.4 Å². The van der Waals surface area contributed by atoms with Crippen molar-refractivity contribution in [3.8, 4) is 6.07 Å². The van der Waals surface area contributed by atoms with Crippen molar-refractivity contribution in [3.63, 3.8) is 0 Å². The van der Waals surface area contributed by atoms with Crippen LogP contribution in [0.3, 0.4) is 0 Å². The minimum Gasteiger partial charge on any atom is -0.369 e. The average molecular weight is 274 g/mol. The summed E-state index contributed by atoms with van der Waals surface area (Å²) in [7, 11) is 0. The second-order valence-electron chi connectivity index (χ2n) is 3.77. The number of nitrogens with zero attached hydrogens (tertiary/aromatic N) is 5. The van der Waals surface area contributed by atoms with Gasteiger partial charge in [-0.05, 0) is 18.7 Å². The van der Waals surface area contributed by atoms with Gasteiger partial charge in [0.1, 0.15) is 28.8 Å². The number of nitriles is 1. The van der Waals surface area contributed by atoms with E-state index in [0.717, 1.165) is 19.5 Å². The lowest BCUT2D eigenvalue weighted by Gasteiger charge is -2.08. The molecule has 2 rings (SSSR count). The number of rotatable bonds is 6. The summed E-state index contributed by atoms with van der Waals surface area (Å²) in [6.07, 6.45) is 7.96. The third-order valence-corrected chi connectivity index (χ3v) is 3.23. The van der Waals surface area contributed by atoms with E-state index in [2.05, 4.69) is 26.5 Å². The van der Waals surface area contributed by atoms with Crippen LogP contribution < -0.4 is 5.32 Å². The standard InChI is InChI=1S/C12H14N6S/c1-19-12-10(8-13)11(15-9-16-12)14-4-2-6-18-7-3-5-17-18/h3,5,7,9H,2,4,6H2,1H3,(H,14,15,16). The fourth-order valence-corrected chi connectivity index (χ4v) is 2.14. The Morgan fingerprint density at radius 2 is 2.37 bits per heavy atom. The van der Waals surface area contributed by atoms with E-state index >= 15 is 0 Å². The summed E-state index contributed by atoms with van der Waals surface area (Å²) >= 11 is 1.44. The highest BCUT2D eigenvalue weighted by Crippen LogP contribution is 2.21. The highest BCUT2D eigenvalue weighted by Gasteiger charge is 2.09. The molecule has 0 atom stereocenters. The lowest BCUT2D eigenvalue weighted by atomic mass is 10.3. The summed E-state index contributed by atoms with van der Waals surface area (Å²) in [6.45, 7) is 1.57. The largest absolute Gasteiger partial charge is 0.369 e. The van der Waals surface area contributed by atoms with Crippen LogP contribution >= 0.6 is 11.8 Å². The van der Waals surface area contributed by atoms with E-state index in [1.165, 1.54) is 18.1 Å². The molecule has 2 aromatic rings. The fourth-order valence-electron chi connectivity index (χ4n) is 1.64. The predicted molar refractivity (Wildman–Crippen MR) is 73.9 cm³/mol. The topological polar surface area (TPSA) is 79.4 Å².